The third-order valence-electron chi connectivity index (χ3n) is 3.37. The van der Waals surface area contributed by atoms with Gasteiger partial charge in [0.1, 0.15) is 0 Å². The van der Waals surface area contributed by atoms with Crippen LogP contribution in [0.15, 0.2) is 47.6 Å². The molecule has 0 atom stereocenters. The van der Waals surface area contributed by atoms with Crippen LogP contribution in [-0.4, -0.2) is 30.8 Å². The Labute approximate surface area is 150 Å². The SMILES string of the molecule is CCOc1cc(/C=N\NC(=O)Cc2ccccc2)cc([N+](=O)[O-])c1OC. The van der Waals surface area contributed by atoms with Crippen LogP contribution < -0.4 is 14.9 Å². The van der Waals surface area contributed by atoms with E-state index in [0.29, 0.717) is 12.2 Å². The van der Waals surface area contributed by atoms with E-state index in [2.05, 4.69) is 10.5 Å². The largest absolute Gasteiger partial charge is 0.490 e. The molecule has 8 heteroatoms. The number of benzene rings is 2. The second kappa shape index (κ2) is 9.16. The van der Waals surface area contributed by atoms with E-state index in [1.54, 1.807) is 13.0 Å². The fourth-order valence-corrected chi connectivity index (χ4v) is 2.29. The predicted molar refractivity (Wildman–Crippen MR) is 96.7 cm³/mol. The highest BCUT2D eigenvalue weighted by molar-refractivity contribution is 5.85. The third kappa shape index (κ3) is 5.04. The average Bonchev–Trinajstić information content (AvgIpc) is 2.62. The second-order valence-corrected chi connectivity index (χ2v) is 5.22. The molecule has 8 nitrogen and oxygen atoms in total. The molecule has 1 N–H and O–H groups in total. The molecule has 0 saturated heterocycles. The Morgan fingerprint density at radius 1 is 1.31 bits per heavy atom. The van der Waals surface area contributed by atoms with Gasteiger partial charge in [0, 0.05) is 11.6 Å². The maximum Gasteiger partial charge on any atom is 0.315 e. The number of ether oxygens (including phenoxy) is 2. The quantitative estimate of drug-likeness (QED) is 0.444. The highest BCUT2D eigenvalue weighted by Gasteiger charge is 2.21. The lowest BCUT2D eigenvalue weighted by Gasteiger charge is -2.10. The van der Waals surface area contributed by atoms with E-state index in [0.717, 1.165) is 5.56 Å². The number of rotatable bonds is 8. The molecule has 0 heterocycles. The predicted octanol–water partition coefficient (Wildman–Crippen LogP) is 2.69. The first-order valence-corrected chi connectivity index (χ1v) is 7.90. The Hall–Kier alpha value is -3.42. The Bertz CT molecular complexity index is 806. The molecule has 0 aliphatic carbocycles. The van der Waals surface area contributed by atoms with Crippen molar-refractivity contribution in [3.8, 4) is 11.5 Å². The molecule has 0 spiro atoms. The van der Waals surface area contributed by atoms with Crippen LogP contribution >= 0.6 is 0 Å². The number of nitrogens with one attached hydrogen (secondary N) is 1. The van der Waals surface area contributed by atoms with Gasteiger partial charge in [-0.1, -0.05) is 30.3 Å². The smallest absolute Gasteiger partial charge is 0.315 e. The van der Waals surface area contributed by atoms with Crippen LogP contribution in [0.4, 0.5) is 5.69 Å². The van der Waals surface area contributed by atoms with Crippen LogP contribution in [0.5, 0.6) is 11.5 Å². The summed E-state index contributed by atoms with van der Waals surface area (Å²) in [6, 6.07) is 12.1. The van der Waals surface area contributed by atoms with Crippen LogP contribution in [0.2, 0.25) is 0 Å². The molecule has 2 aromatic rings. The van der Waals surface area contributed by atoms with E-state index in [-0.39, 0.29) is 29.5 Å². The lowest BCUT2D eigenvalue weighted by molar-refractivity contribution is -0.385. The van der Waals surface area contributed by atoms with Gasteiger partial charge in [-0.05, 0) is 18.6 Å². The average molecular weight is 357 g/mol. The van der Waals surface area contributed by atoms with E-state index >= 15 is 0 Å². The number of methoxy groups -OCH3 is 1. The fraction of sp³-hybridized carbons (Fsp3) is 0.222. The molecule has 0 bridgehead atoms. The molecule has 0 saturated carbocycles. The van der Waals surface area contributed by atoms with Gasteiger partial charge in [0.05, 0.1) is 31.3 Å². The first-order chi connectivity index (χ1) is 12.5. The number of nitrogens with zero attached hydrogens (tertiary/aromatic N) is 2. The van der Waals surface area contributed by atoms with Gasteiger partial charge in [0.25, 0.3) is 0 Å². The van der Waals surface area contributed by atoms with Crippen molar-refractivity contribution in [1.29, 1.82) is 0 Å². The van der Waals surface area contributed by atoms with Gasteiger partial charge in [-0.2, -0.15) is 5.10 Å². The Morgan fingerprint density at radius 2 is 2.04 bits per heavy atom. The summed E-state index contributed by atoms with van der Waals surface area (Å²) in [5.41, 5.74) is 3.42. The summed E-state index contributed by atoms with van der Waals surface area (Å²) in [6.45, 7) is 2.08. The van der Waals surface area contributed by atoms with E-state index in [1.165, 1.54) is 19.4 Å². The maximum absolute atomic E-state index is 11.9. The number of hydrogen-bond donors (Lipinski definition) is 1. The monoisotopic (exact) mass is 357 g/mol. The number of nitro benzene ring substituents is 1. The van der Waals surface area contributed by atoms with Crippen molar-refractivity contribution in [2.45, 2.75) is 13.3 Å². The fourth-order valence-electron chi connectivity index (χ4n) is 2.29. The molecule has 1 amide bonds. The molecule has 2 aromatic carbocycles. The third-order valence-corrected chi connectivity index (χ3v) is 3.37. The number of nitro groups is 1. The van der Waals surface area contributed by atoms with Gasteiger partial charge in [-0.3, -0.25) is 14.9 Å². The summed E-state index contributed by atoms with van der Waals surface area (Å²) < 4.78 is 10.5. The molecule has 26 heavy (non-hydrogen) atoms. The minimum atomic E-state index is -0.563. The van der Waals surface area contributed by atoms with Crippen molar-refractivity contribution in [3.63, 3.8) is 0 Å². The van der Waals surface area contributed by atoms with Crippen molar-refractivity contribution < 1.29 is 19.2 Å². The number of carbonyl (C=O) groups excluding carboxylic acids is 1. The Balaban J connectivity index is 2.13. The standard InChI is InChI=1S/C18H19N3O5/c1-3-26-16-10-14(9-15(21(23)24)18(16)25-2)12-19-20-17(22)11-13-7-5-4-6-8-13/h4-10,12H,3,11H2,1-2H3,(H,20,22)/b19-12-. The highest BCUT2D eigenvalue weighted by Crippen LogP contribution is 2.37. The number of carbonyl (C=O) groups is 1. The summed E-state index contributed by atoms with van der Waals surface area (Å²) in [5, 5.41) is 15.1. The summed E-state index contributed by atoms with van der Waals surface area (Å²) >= 11 is 0. The molecule has 0 aromatic heterocycles. The highest BCUT2D eigenvalue weighted by atomic mass is 16.6. The van der Waals surface area contributed by atoms with Crippen molar-refractivity contribution in [2.75, 3.05) is 13.7 Å². The second-order valence-electron chi connectivity index (χ2n) is 5.22. The molecular formula is C18H19N3O5. The minimum Gasteiger partial charge on any atom is -0.490 e. The Morgan fingerprint density at radius 3 is 2.65 bits per heavy atom. The Kier molecular flexibility index (Phi) is 6.67. The summed E-state index contributed by atoms with van der Waals surface area (Å²) in [5.74, 6) is -0.0103. The van der Waals surface area contributed by atoms with Crippen LogP contribution in [-0.2, 0) is 11.2 Å². The van der Waals surface area contributed by atoms with Gasteiger partial charge >= 0.3 is 5.69 Å². The number of amides is 1. The zero-order chi connectivity index (χ0) is 18.9. The first-order valence-electron chi connectivity index (χ1n) is 7.90. The van der Waals surface area contributed by atoms with Gasteiger partial charge in [-0.15, -0.1) is 0 Å². The van der Waals surface area contributed by atoms with Crippen molar-refractivity contribution in [2.24, 2.45) is 5.10 Å². The van der Waals surface area contributed by atoms with E-state index < -0.39 is 4.92 Å². The molecule has 2 rings (SSSR count). The molecule has 136 valence electrons. The first kappa shape index (κ1) is 18.9. The summed E-state index contributed by atoms with van der Waals surface area (Å²) in [4.78, 5) is 22.5. The molecule has 0 aliphatic rings. The van der Waals surface area contributed by atoms with Gasteiger partial charge < -0.3 is 9.47 Å². The molecule has 0 radical (unpaired) electrons. The van der Waals surface area contributed by atoms with Gasteiger partial charge in [0.15, 0.2) is 5.75 Å². The zero-order valence-corrected chi connectivity index (χ0v) is 14.5. The normalized spacial score (nSPS) is 10.5. The molecule has 0 unspecified atom stereocenters. The number of hydrazone groups is 1. The van der Waals surface area contributed by atoms with E-state index in [4.69, 9.17) is 9.47 Å². The van der Waals surface area contributed by atoms with Crippen LogP contribution in [0.3, 0.4) is 0 Å². The van der Waals surface area contributed by atoms with Gasteiger partial charge in [-0.25, -0.2) is 5.43 Å². The van der Waals surface area contributed by atoms with Crippen LogP contribution in [0.25, 0.3) is 0 Å². The number of hydrogen-bond acceptors (Lipinski definition) is 6. The van der Waals surface area contributed by atoms with Crippen LogP contribution in [0.1, 0.15) is 18.1 Å². The lowest BCUT2D eigenvalue weighted by atomic mass is 10.1. The van der Waals surface area contributed by atoms with Crippen LogP contribution in [0, 0.1) is 10.1 Å². The molecule has 0 fully saturated rings. The topological polar surface area (TPSA) is 103 Å². The minimum absolute atomic E-state index is 0.0436. The summed E-state index contributed by atoms with van der Waals surface area (Å²) in [7, 11) is 1.34. The van der Waals surface area contributed by atoms with Crippen molar-refractivity contribution in [1.82, 2.24) is 5.43 Å². The van der Waals surface area contributed by atoms with Crippen molar-refractivity contribution >= 4 is 17.8 Å². The summed E-state index contributed by atoms with van der Waals surface area (Å²) in [6.07, 6.45) is 1.50. The molecule has 0 aliphatic heterocycles. The lowest BCUT2D eigenvalue weighted by Crippen LogP contribution is -2.19. The zero-order valence-electron chi connectivity index (χ0n) is 14.5. The maximum atomic E-state index is 11.9. The van der Waals surface area contributed by atoms with Gasteiger partial charge in [0.2, 0.25) is 11.7 Å². The molecular weight excluding hydrogens is 338 g/mol. The van der Waals surface area contributed by atoms with E-state index in [1.807, 2.05) is 30.3 Å². The van der Waals surface area contributed by atoms with E-state index in [9.17, 15) is 14.9 Å². The van der Waals surface area contributed by atoms with Crippen molar-refractivity contribution in [3.05, 3.63) is 63.7 Å².